The fourth-order valence-electron chi connectivity index (χ4n) is 4.18. The minimum atomic E-state index is 1.11. The zero-order valence-electron chi connectivity index (χ0n) is 13.9. The number of hydrogen-bond acceptors (Lipinski definition) is 1. The molecule has 0 saturated carbocycles. The summed E-state index contributed by atoms with van der Waals surface area (Å²) in [5.41, 5.74) is 6.46. The Bertz CT molecular complexity index is 1110. The van der Waals surface area contributed by atoms with Gasteiger partial charge in [0, 0.05) is 15.4 Å². The molecule has 1 heterocycles. The van der Waals surface area contributed by atoms with Gasteiger partial charge in [0.15, 0.2) is 0 Å². The molecular weight excluding hydrogens is 370 g/mol. The zero-order valence-corrected chi connectivity index (χ0v) is 15.5. The summed E-state index contributed by atoms with van der Waals surface area (Å²) in [6.07, 6.45) is 4.81. The minimum Gasteiger partial charge on any atom is -0.247 e. The van der Waals surface area contributed by atoms with Crippen LogP contribution in [0.4, 0.5) is 0 Å². The highest BCUT2D eigenvalue weighted by Gasteiger charge is 2.20. The maximum atomic E-state index is 5.13. The summed E-state index contributed by atoms with van der Waals surface area (Å²) < 4.78 is 1.11. The molecular formula is C23H18BrN. The van der Waals surface area contributed by atoms with E-state index in [0.29, 0.717) is 0 Å². The van der Waals surface area contributed by atoms with Crippen molar-refractivity contribution in [3.8, 4) is 11.3 Å². The van der Waals surface area contributed by atoms with Crippen molar-refractivity contribution in [1.82, 2.24) is 4.98 Å². The number of halogens is 1. The van der Waals surface area contributed by atoms with Crippen LogP contribution < -0.4 is 0 Å². The fourth-order valence-corrected chi connectivity index (χ4v) is 4.57. The van der Waals surface area contributed by atoms with Gasteiger partial charge in [-0.1, -0.05) is 58.4 Å². The topological polar surface area (TPSA) is 12.9 Å². The molecule has 1 aliphatic carbocycles. The number of fused-ring (bicyclic) bond motifs is 5. The van der Waals surface area contributed by atoms with Gasteiger partial charge in [0.25, 0.3) is 0 Å². The van der Waals surface area contributed by atoms with E-state index in [2.05, 4.69) is 76.6 Å². The number of pyridine rings is 1. The molecule has 25 heavy (non-hydrogen) atoms. The second kappa shape index (κ2) is 5.96. The van der Waals surface area contributed by atoms with Crippen molar-refractivity contribution in [2.45, 2.75) is 25.7 Å². The van der Waals surface area contributed by atoms with E-state index in [-0.39, 0.29) is 0 Å². The molecule has 1 nitrogen and oxygen atoms in total. The molecule has 0 unspecified atom stereocenters. The van der Waals surface area contributed by atoms with E-state index in [9.17, 15) is 0 Å². The first-order valence-electron chi connectivity index (χ1n) is 8.90. The van der Waals surface area contributed by atoms with Crippen LogP contribution in [0.15, 0.2) is 65.1 Å². The Balaban J connectivity index is 1.91. The lowest BCUT2D eigenvalue weighted by Gasteiger charge is -2.22. The lowest BCUT2D eigenvalue weighted by molar-refractivity contribution is 0.689. The summed E-state index contributed by atoms with van der Waals surface area (Å²) in [6, 6.07) is 21.6. The molecule has 0 bridgehead atoms. The summed E-state index contributed by atoms with van der Waals surface area (Å²) in [7, 11) is 0. The van der Waals surface area contributed by atoms with E-state index in [1.807, 2.05) is 0 Å². The van der Waals surface area contributed by atoms with Gasteiger partial charge >= 0.3 is 0 Å². The van der Waals surface area contributed by atoms with Crippen LogP contribution >= 0.6 is 15.9 Å². The normalized spacial score (nSPS) is 14.0. The van der Waals surface area contributed by atoms with Gasteiger partial charge in [-0.25, -0.2) is 4.98 Å². The molecule has 5 rings (SSSR count). The average Bonchev–Trinajstić information content (AvgIpc) is 2.67. The van der Waals surface area contributed by atoms with Gasteiger partial charge in [-0.2, -0.15) is 0 Å². The zero-order chi connectivity index (χ0) is 16.8. The number of nitrogens with zero attached hydrogens (tertiary/aromatic N) is 1. The van der Waals surface area contributed by atoms with E-state index in [0.717, 1.165) is 22.8 Å². The number of benzene rings is 3. The third-order valence-electron chi connectivity index (χ3n) is 5.29. The van der Waals surface area contributed by atoms with Crippen LogP contribution in [-0.4, -0.2) is 4.98 Å². The maximum Gasteiger partial charge on any atom is 0.0744 e. The van der Waals surface area contributed by atoms with Crippen LogP contribution in [0.5, 0.6) is 0 Å². The van der Waals surface area contributed by atoms with Crippen LogP contribution in [0.25, 0.3) is 32.9 Å². The Morgan fingerprint density at radius 3 is 2.52 bits per heavy atom. The molecule has 0 radical (unpaired) electrons. The fraction of sp³-hybridized carbons (Fsp3) is 0.174. The summed E-state index contributed by atoms with van der Waals surface area (Å²) in [5, 5.41) is 4.01. The average molecular weight is 388 g/mol. The highest BCUT2D eigenvalue weighted by molar-refractivity contribution is 9.10. The molecule has 0 saturated heterocycles. The summed E-state index contributed by atoms with van der Waals surface area (Å²) in [5.74, 6) is 0. The SMILES string of the molecule is Brc1cccc(-c2nc3ccc4ccccc4c3c3c2CCCC3)c1. The van der Waals surface area contributed by atoms with Crippen molar-refractivity contribution < 1.29 is 0 Å². The number of rotatable bonds is 1. The molecule has 122 valence electrons. The summed E-state index contributed by atoms with van der Waals surface area (Å²) in [4.78, 5) is 5.13. The molecule has 0 amide bonds. The third-order valence-corrected chi connectivity index (χ3v) is 5.79. The van der Waals surface area contributed by atoms with Crippen LogP contribution in [0.3, 0.4) is 0 Å². The smallest absolute Gasteiger partial charge is 0.0744 e. The molecule has 1 aliphatic rings. The van der Waals surface area contributed by atoms with Gasteiger partial charge in [-0.05, 0) is 65.8 Å². The highest BCUT2D eigenvalue weighted by Crippen LogP contribution is 2.38. The van der Waals surface area contributed by atoms with Gasteiger partial charge in [0.2, 0.25) is 0 Å². The van der Waals surface area contributed by atoms with Gasteiger partial charge < -0.3 is 0 Å². The van der Waals surface area contributed by atoms with Crippen molar-refractivity contribution in [2.75, 3.05) is 0 Å². The van der Waals surface area contributed by atoms with Crippen molar-refractivity contribution in [3.05, 3.63) is 76.3 Å². The first-order chi connectivity index (χ1) is 12.3. The van der Waals surface area contributed by atoms with Gasteiger partial charge in [0.1, 0.15) is 0 Å². The van der Waals surface area contributed by atoms with E-state index in [1.54, 1.807) is 0 Å². The first-order valence-corrected chi connectivity index (χ1v) is 9.70. The lowest BCUT2D eigenvalue weighted by Crippen LogP contribution is -2.08. The summed E-state index contributed by atoms with van der Waals surface area (Å²) >= 11 is 3.61. The van der Waals surface area contributed by atoms with Crippen molar-refractivity contribution >= 4 is 37.6 Å². The molecule has 4 aromatic rings. The lowest BCUT2D eigenvalue weighted by atomic mass is 9.85. The second-order valence-corrected chi connectivity index (χ2v) is 7.73. The van der Waals surface area contributed by atoms with Crippen LogP contribution in [0, 0.1) is 0 Å². The quantitative estimate of drug-likeness (QED) is 0.331. The van der Waals surface area contributed by atoms with Crippen molar-refractivity contribution in [3.63, 3.8) is 0 Å². The number of aryl methyl sites for hydroxylation is 1. The van der Waals surface area contributed by atoms with E-state index < -0.39 is 0 Å². The molecule has 0 N–H and O–H groups in total. The predicted molar refractivity (Wildman–Crippen MR) is 109 cm³/mol. The first kappa shape index (κ1) is 15.1. The Morgan fingerprint density at radius 1 is 0.800 bits per heavy atom. The minimum absolute atomic E-state index is 1.11. The van der Waals surface area contributed by atoms with Crippen LogP contribution in [-0.2, 0) is 12.8 Å². The molecule has 1 aromatic heterocycles. The molecule has 0 aliphatic heterocycles. The van der Waals surface area contributed by atoms with Crippen molar-refractivity contribution in [2.24, 2.45) is 0 Å². The molecule has 3 aromatic carbocycles. The summed E-state index contributed by atoms with van der Waals surface area (Å²) in [6.45, 7) is 0. The maximum absolute atomic E-state index is 5.13. The van der Waals surface area contributed by atoms with Crippen LogP contribution in [0.1, 0.15) is 24.0 Å². The highest BCUT2D eigenvalue weighted by atomic mass is 79.9. The van der Waals surface area contributed by atoms with E-state index in [4.69, 9.17) is 4.98 Å². The van der Waals surface area contributed by atoms with E-state index in [1.165, 1.54) is 51.4 Å². The molecule has 0 atom stereocenters. The second-order valence-electron chi connectivity index (χ2n) is 6.82. The standard InChI is InChI=1S/C23H18BrN/c24-17-8-5-7-16(14-17)23-20-11-4-3-10-19(20)22-18-9-2-1-6-15(18)12-13-21(22)25-23/h1-2,5-9,12-14H,3-4,10-11H2. The number of aromatic nitrogens is 1. The van der Waals surface area contributed by atoms with Gasteiger partial charge in [-0.3, -0.25) is 0 Å². The largest absolute Gasteiger partial charge is 0.247 e. The Hall–Kier alpha value is -2.19. The Labute approximate surface area is 155 Å². The van der Waals surface area contributed by atoms with Gasteiger partial charge in [-0.15, -0.1) is 0 Å². The van der Waals surface area contributed by atoms with Crippen molar-refractivity contribution in [1.29, 1.82) is 0 Å². The monoisotopic (exact) mass is 387 g/mol. The predicted octanol–water partition coefficient (Wildman–Crippen LogP) is 6.70. The number of hydrogen-bond donors (Lipinski definition) is 0. The molecule has 2 heteroatoms. The molecule has 0 fully saturated rings. The molecule has 0 spiro atoms. The third kappa shape index (κ3) is 2.47. The Kier molecular flexibility index (Phi) is 3.60. The van der Waals surface area contributed by atoms with E-state index >= 15 is 0 Å². The van der Waals surface area contributed by atoms with Gasteiger partial charge in [0.05, 0.1) is 11.2 Å². The Morgan fingerprint density at radius 2 is 1.64 bits per heavy atom. The van der Waals surface area contributed by atoms with Crippen LogP contribution in [0.2, 0.25) is 0 Å².